The summed E-state index contributed by atoms with van der Waals surface area (Å²) in [6.07, 6.45) is 5.44. The van der Waals surface area contributed by atoms with Crippen molar-refractivity contribution in [2.75, 3.05) is 6.61 Å². The van der Waals surface area contributed by atoms with E-state index in [9.17, 15) is 9.59 Å². The van der Waals surface area contributed by atoms with Crippen molar-refractivity contribution in [1.82, 2.24) is 4.90 Å². The van der Waals surface area contributed by atoms with Gasteiger partial charge in [0.1, 0.15) is 0 Å². The van der Waals surface area contributed by atoms with E-state index in [2.05, 4.69) is 4.90 Å². The molecule has 4 aliphatic rings. The SMILES string of the molecule is CCOC(=O)C1C(=O)C2CC3CCCC(C2)N31. The largest absolute Gasteiger partial charge is 0.464 e. The number of rotatable bonds is 2. The Kier molecular flexibility index (Phi) is 2.69. The van der Waals surface area contributed by atoms with Gasteiger partial charge in [-0.1, -0.05) is 6.42 Å². The van der Waals surface area contributed by atoms with Crippen molar-refractivity contribution in [3.63, 3.8) is 0 Å². The van der Waals surface area contributed by atoms with Crippen LogP contribution in [0.3, 0.4) is 0 Å². The summed E-state index contributed by atoms with van der Waals surface area (Å²) in [6, 6.07) is 0.303. The second kappa shape index (κ2) is 4.09. The van der Waals surface area contributed by atoms with Crippen LogP contribution < -0.4 is 0 Å². The Balaban J connectivity index is 1.88. The molecule has 4 aliphatic heterocycles. The minimum Gasteiger partial charge on any atom is -0.464 e. The number of nitrogens with zero attached hydrogens (tertiary/aromatic N) is 1. The Hall–Kier alpha value is -0.900. The van der Waals surface area contributed by atoms with Crippen molar-refractivity contribution in [2.45, 2.75) is 57.2 Å². The Morgan fingerprint density at radius 2 is 2.00 bits per heavy atom. The van der Waals surface area contributed by atoms with Gasteiger partial charge in [0.15, 0.2) is 11.8 Å². The second-order valence-corrected chi connectivity index (χ2v) is 5.41. The first-order chi connectivity index (χ1) is 8.22. The van der Waals surface area contributed by atoms with E-state index in [4.69, 9.17) is 4.74 Å². The number of ether oxygens (including phenoxy) is 1. The molecule has 4 heteroatoms. The van der Waals surface area contributed by atoms with E-state index in [1.807, 2.05) is 0 Å². The molecule has 0 radical (unpaired) electrons. The quantitative estimate of drug-likeness (QED) is 0.533. The lowest BCUT2D eigenvalue weighted by atomic mass is 9.69. The van der Waals surface area contributed by atoms with Gasteiger partial charge in [-0.3, -0.25) is 9.69 Å². The molecule has 0 amide bonds. The molecule has 17 heavy (non-hydrogen) atoms. The maximum absolute atomic E-state index is 12.2. The standard InChI is InChI=1S/C13H19NO3/c1-2-17-13(16)11-12(15)8-6-9-4-3-5-10(7-8)14(9)11/h8-11H,2-7H2,1H3. The Bertz CT molecular complexity index is 341. The van der Waals surface area contributed by atoms with Crippen LogP contribution in [0.15, 0.2) is 0 Å². The van der Waals surface area contributed by atoms with Crippen LogP contribution in [0.5, 0.6) is 0 Å². The van der Waals surface area contributed by atoms with Crippen LogP contribution in [0, 0.1) is 5.92 Å². The van der Waals surface area contributed by atoms with Crippen LogP contribution in [0.1, 0.15) is 39.0 Å². The van der Waals surface area contributed by atoms with E-state index in [0.717, 1.165) is 25.7 Å². The molecule has 0 N–H and O–H groups in total. The summed E-state index contributed by atoms with van der Waals surface area (Å²) >= 11 is 0. The van der Waals surface area contributed by atoms with Gasteiger partial charge in [0, 0.05) is 18.0 Å². The van der Waals surface area contributed by atoms with Gasteiger partial charge in [-0.15, -0.1) is 0 Å². The molecule has 4 bridgehead atoms. The maximum atomic E-state index is 12.2. The van der Waals surface area contributed by atoms with Crippen LogP contribution in [0.25, 0.3) is 0 Å². The van der Waals surface area contributed by atoms with Gasteiger partial charge in [0.25, 0.3) is 0 Å². The molecule has 3 atom stereocenters. The molecule has 4 fully saturated rings. The monoisotopic (exact) mass is 237 g/mol. The van der Waals surface area contributed by atoms with Crippen molar-refractivity contribution < 1.29 is 14.3 Å². The number of piperidine rings is 4. The van der Waals surface area contributed by atoms with Gasteiger partial charge in [-0.25, -0.2) is 4.79 Å². The van der Waals surface area contributed by atoms with Crippen molar-refractivity contribution in [2.24, 2.45) is 5.92 Å². The molecule has 3 unspecified atom stereocenters. The van der Waals surface area contributed by atoms with E-state index in [0.29, 0.717) is 18.7 Å². The first-order valence-electron chi connectivity index (χ1n) is 6.70. The number of carbonyl (C=O) groups is 2. The fourth-order valence-corrected chi connectivity index (χ4v) is 3.90. The minimum atomic E-state index is -0.585. The summed E-state index contributed by atoms with van der Waals surface area (Å²) in [7, 11) is 0. The van der Waals surface area contributed by atoms with Crippen molar-refractivity contribution >= 4 is 11.8 Å². The summed E-state index contributed by atoms with van der Waals surface area (Å²) in [4.78, 5) is 26.3. The predicted octanol–water partition coefficient (Wildman–Crippen LogP) is 1.13. The minimum absolute atomic E-state index is 0.109. The highest BCUT2D eigenvalue weighted by Crippen LogP contribution is 2.44. The highest BCUT2D eigenvalue weighted by atomic mass is 16.5. The van der Waals surface area contributed by atoms with Gasteiger partial charge < -0.3 is 4.74 Å². The van der Waals surface area contributed by atoms with Crippen LogP contribution in [0.2, 0.25) is 0 Å². The molecule has 0 aromatic carbocycles. The average Bonchev–Trinajstić information content (AvgIpc) is 2.28. The first-order valence-corrected chi connectivity index (χ1v) is 6.70. The molecule has 0 aromatic heterocycles. The van der Waals surface area contributed by atoms with E-state index < -0.39 is 6.04 Å². The van der Waals surface area contributed by atoms with Crippen LogP contribution >= 0.6 is 0 Å². The number of Topliss-reactive ketones (excluding diaryl/α,β-unsaturated/α-hetero) is 1. The summed E-state index contributed by atoms with van der Waals surface area (Å²) in [6.45, 7) is 2.15. The Morgan fingerprint density at radius 3 is 2.59 bits per heavy atom. The van der Waals surface area contributed by atoms with Crippen LogP contribution in [-0.2, 0) is 14.3 Å². The lowest BCUT2D eigenvalue weighted by Gasteiger charge is -2.55. The normalized spacial score (nSPS) is 43.6. The van der Waals surface area contributed by atoms with E-state index >= 15 is 0 Å². The van der Waals surface area contributed by atoms with Gasteiger partial charge >= 0.3 is 5.97 Å². The molecule has 0 aliphatic carbocycles. The summed E-state index contributed by atoms with van der Waals surface area (Å²) in [5.74, 6) is -0.0960. The molecule has 0 spiro atoms. The molecule has 0 aromatic rings. The molecular formula is C13H19NO3. The number of fused-ring (bicyclic) bond motifs is 1. The fourth-order valence-electron chi connectivity index (χ4n) is 3.90. The summed E-state index contributed by atoms with van der Waals surface area (Å²) in [5.41, 5.74) is 0. The van der Waals surface area contributed by atoms with Crippen molar-refractivity contribution in [1.29, 1.82) is 0 Å². The number of hydrogen-bond acceptors (Lipinski definition) is 4. The molecule has 4 heterocycles. The third-order valence-electron chi connectivity index (χ3n) is 4.51. The number of carbonyl (C=O) groups excluding carboxylic acids is 2. The fraction of sp³-hybridized carbons (Fsp3) is 0.846. The molecule has 94 valence electrons. The third kappa shape index (κ3) is 1.61. The Labute approximate surface area is 101 Å². The third-order valence-corrected chi connectivity index (χ3v) is 4.51. The lowest BCUT2D eigenvalue weighted by molar-refractivity contribution is -0.170. The van der Waals surface area contributed by atoms with Gasteiger partial charge in [0.05, 0.1) is 6.61 Å². The molecule has 4 nitrogen and oxygen atoms in total. The number of hydrogen-bond donors (Lipinski definition) is 0. The first kappa shape index (κ1) is 11.2. The molecule has 0 saturated carbocycles. The average molecular weight is 237 g/mol. The van der Waals surface area contributed by atoms with Crippen molar-refractivity contribution in [3.8, 4) is 0 Å². The number of esters is 1. The van der Waals surface area contributed by atoms with E-state index in [1.165, 1.54) is 6.42 Å². The maximum Gasteiger partial charge on any atom is 0.331 e. The van der Waals surface area contributed by atoms with E-state index in [1.54, 1.807) is 6.92 Å². The Morgan fingerprint density at radius 1 is 1.35 bits per heavy atom. The molecule has 4 saturated heterocycles. The van der Waals surface area contributed by atoms with Gasteiger partial charge in [0.2, 0.25) is 0 Å². The topological polar surface area (TPSA) is 46.6 Å². The van der Waals surface area contributed by atoms with Gasteiger partial charge in [-0.05, 0) is 32.6 Å². The summed E-state index contributed by atoms with van der Waals surface area (Å²) in [5, 5.41) is 0. The zero-order chi connectivity index (χ0) is 12.0. The zero-order valence-corrected chi connectivity index (χ0v) is 10.2. The lowest BCUT2D eigenvalue weighted by Crippen LogP contribution is -2.68. The number of ketones is 1. The van der Waals surface area contributed by atoms with E-state index in [-0.39, 0.29) is 17.7 Å². The molecule has 4 rings (SSSR count). The zero-order valence-electron chi connectivity index (χ0n) is 10.2. The molecular weight excluding hydrogens is 218 g/mol. The second-order valence-electron chi connectivity index (χ2n) is 5.41. The highest BCUT2D eigenvalue weighted by Gasteiger charge is 2.54. The predicted molar refractivity (Wildman–Crippen MR) is 61.4 cm³/mol. The van der Waals surface area contributed by atoms with Crippen molar-refractivity contribution in [3.05, 3.63) is 0 Å². The highest BCUT2D eigenvalue weighted by molar-refractivity contribution is 6.05. The van der Waals surface area contributed by atoms with Crippen LogP contribution in [0.4, 0.5) is 0 Å². The van der Waals surface area contributed by atoms with Crippen LogP contribution in [-0.4, -0.2) is 41.4 Å². The smallest absolute Gasteiger partial charge is 0.331 e. The summed E-state index contributed by atoms with van der Waals surface area (Å²) < 4.78 is 5.07. The van der Waals surface area contributed by atoms with Gasteiger partial charge in [-0.2, -0.15) is 0 Å².